The predicted octanol–water partition coefficient (Wildman–Crippen LogP) is 3.23. The molecular formula is C21H28ClN3O5. The van der Waals surface area contributed by atoms with E-state index < -0.39 is 23.7 Å². The number of carboxylic acid groups (broad SMARTS) is 1. The lowest BCUT2D eigenvalue weighted by atomic mass is 9.96. The first-order valence-corrected chi connectivity index (χ1v) is 10.0. The Morgan fingerprint density at radius 3 is 2.53 bits per heavy atom. The maximum absolute atomic E-state index is 12.4. The zero-order valence-corrected chi connectivity index (χ0v) is 18.7. The number of pyridine rings is 1. The topological polar surface area (TPSA) is 100 Å². The number of nitrogens with zero attached hydrogens (tertiary/aromatic N) is 3. The Labute approximate surface area is 181 Å². The highest BCUT2D eigenvalue weighted by Gasteiger charge is 2.31. The Bertz CT molecular complexity index is 863. The second-order valence-corrected chi connectivity index (χ2v) is 8.69. The second kappa shape index (κ2) is 9.47. The molecule has 2 rings (SSSR count). The Balaban J connectivity index is 2.31. The van der Waals surface area contributed by atoms with Gasteiger partial charge in [0.2, 0.25) is 5.91 Å². The minimum atomic E-state index is -1.16. The van der Waals surface area contributed by atoms with Gasteiger partial charge in [0.1, 0.15) is 11.6 Å². The van der Waals surface area contributed by atoms with Crippen LogP contribution in [0.2, 0.25) is 5.02 Å². The van der Waals surface area contributed by atoms with E-state index in [1.165, 1.54) is 20.2 Å². The molecule has 1 aromatic heterocycles. The minimum absolute atomic E-state index is 0.000449. The fourth-order valence-electron chi connectivity index (χ4n) is 3.16. The summed E-state index contributed by atoms with van der Waals surface area (Å²) in [7, 11) is 1.40. The third-order valence-corrected chi connectivity index (χ3v) is 4.95. The third kappa shape index (κ3) is 6.19. The van der Waals surface area contributed by atoms with Crippen molar-refractivity contribution in [1.29, 1.82) is 0 Å². The number of carboxylic acids is 1. The maximum Gasteiger partial charge on any atom is 0.410 e. The van der Waals surface area contributed by atoms with Crippen molar-refractivity contribution in [2.75, 3.05) is 20.1 Å². The maximum atomic E-state index is 12.4. The number of aliphatic carboxylic acids is 1. The Kier molecular flexibility index (Phi) is 7.47. The van der Waals surface area contributed by atoms with E-state index in [0.717, 1.165) is 10.5 Å². The molecular weight excluding hydrogens is 410 g/mol. The molecule has 1 aliphatic heterocycles. The summed E-state index contributed by atoms with van der Waals surface area (Å²) in [5.74, 6) is -1.16. The highest BCUT2D eigenvalue weighted by molar-refractivity contribution is 6.30. The van der Waals surface area contributed by atoms with Crippen LogP contribution in [0.4, 0.5) is 4.79 Å². The molecule has 2 amide bonds. The summed E-state index contributed by atoms with van der Waals surface area (Å²) in [6.07, 6.45) is 3.31. The molecule has 0 spiro atoms. The van der Waals surface area contributed by atoms with Crippen molar-refractivity contribution in [2.45, 2.75) is 52.2 Å². The summed E-state index contributed by atoms with van der Waals surface area (Å²) in [5, 5.41) is 10.1. The second-order valence-electron chi connectivity index (χ2n) is 8.26. The zero-order chi connectivity index (χ0) is 22.6. The van der Waals surface area contributed by atoms with Crippen molar-refractivity contribution in [1.82, 2.24) is 14.8 Å². The van der Waals surface area contributed by atoms with E-state index in [0.29, 0.717) is 35.8 Å². The summed E-state index contributed by atoms with van der Waals surface area (Å²) >= 11 is 6.13. The SMILES string of the molecule is CC(=O)N1CC=C(c2ncc(Cl)cc2C[C@@H](C(=O)O)N(C)C(=O)OC(C)(C)C)CC1. The molecule has 1 aromatic rings. The summed E-state index contributed by atoms with van der Waals surface area (Å²) in [6.45, 7) is 7.70. The van der Waals surface area contributed by atoms with E-state index in [1.54, 1.807) is 31.7 Å². The molecule has 0 unspecified atom stereocenters. The first kappa shape index (κ1) is 23.7. The molecule has 0 saturated heterocycles. The van der Waals surface area contributed by atoms with Crippen LogP contribution in [0.3, 0.4) is 0 Å². The molecule has 0 saturated carbocycles. The van der Waals surface area contributed by atoms with Crippen molar-refractivity contribution in [3.63, 3.8) is 0 Å². The van der Waals surface area contributed by atoms with E-state index in [9.17, 15) is 19.5 Å². The van der Waals surface area contributed by atoms with Gasteiger partial charge in [0, 0.05) is 39.7 Å². The van der Waals surface area contributed by atoms with E-state index >= 15 is 0 Å². The van der Waals surface area contributed by atoms with E-state index in [-0.39, 0.29) is 12.3 Å². The van der Waals surface area contributed by atoms with E-state index in [1.807, 2.05) is 6.08 Å². The smallest absolute Gasteiger partial charge is 0.410 e. The van der Waals surface area contributed by atoms with Crippen LogP contribution in [-0.2, 0) is 20.7 Å². The van der Waals surface area contributed by atoms with Crippen molar-refractivity contribution in [2.24, 2.45) is 0 Å². The van der Waals surface area contributed by atoms with E-state index in [4.69, 9.17) is 16.3 Å². The summed E-state index contributed by atoms with van der Waals surface area (Å²) < 4.78 is 5.31. The van der Waals surface area contributed by atoms with Gasteiger partial charge in [0.05, 0.1) is 10.7 Å². The average Bonchev–Trinajstić information content (AvgIpc) is 2.64. The number of carbonyl (C=O) groups is 3. The lowest BCUT2D eigenvalue weighted by Gasteiger charge is -2.29. The Morgan fingerprint density at radius 1 is 1.37 bits per heavy atom. The van der Waals surface area contributed by atoms with Gasteiger partial charge in [-0.25, -0.2) is 9.59 Å². The lowest BCUT2D eigenvalue weighted by Crippen LogP contribution is -2.46. The van der Waals surface area contributed by atoms with Gasteiger partial charge in [-0.05, 0) is 44.4 Å². The van der Waals surface area contributed by atoms with Gasteiger partial charge in [-0.3, -0.25) is 14.7 Å². The number of rotatable bonds is 5. The van der Waals surface area contributed by atoms with Crippen molar-refractivity contribution in [3.8, 4) is 0 Å². The molecule has 9 heteroatoms. The monoisotopic (exact) mass is 437 g/mol. The normalized spacial score (nSPS) is 15.3. The van der Waals surface area contributed by atoms with Gasteiger partial charge >= 0.3 is 12.1 Å². The fourth-order valence-corrected chi connectivity index (χ4v) is 3.34. The molecule has 0 bridgehead atoms. The largest absolute Gasteiger partial charge is 0.480 e. The van der Waals surface area contributed by atoms with Crippen LogP contribution >= 0.6 is 11.6 Å². The summed E-state index contributed by atoms with van der Waals surface area (Å²) in [6, 6.07) is 0.512. The summed E-state index contributed by atoms with van der Waals surface area (Å²) in [4.78, 5) is 43.1. The molecule has 1 aliphatic rings. The number of hydrogen-bond donors (Lipinski definition) is 1. The van der Waals surface area contributed by atoms with Gasteiger partial charge in [0.25, 0.3) is 0 Å². The number of halogens is 1. The van der Waals surface area contributed by atoms with Crippen LogP contribution < -0.4 is 0 Å². The van der Waals surface area contributed by atoms with Crippen molar-refractivity contribution >= 4 is 35.1 Å². The number of amides is 2. The molecule has 8 nitrogen and oxygen atoms in total. The number of carbonyl (C=O) groups excluding carboxylic acids is 2. The highest BCUT2D eigenvalue weighted by Crippen LogP contribution is 2.27. The van der Waals surface area contributed by atoms with Crippen LogP contribution in [0.15, 0.2) is 18.3 Å². The van der Waals surface area contributed by atoms with Crippen LogP contribution in [0.5, 0.6) is 0 Å². The van der Waals surface area contributed by atoms with Crippen LogP contribution in [0, 0.1) is 0 Å². The van der Waals surface area contributed by atoms with Crippen LogP contribution in [0.1, 0.15) is 45.4 Å². The third-order valence-electron chi connectivity index (χ3n) is 4.74. The molecule has 0 aromatic carbocycles. The quantitative estimate of drug-likeness (QED) is 0.759. The summed E-state index contributed by atoms with van der Waals surface area (Å²) in [5.41, 5.74) is 1.43. The minimum Gasteiger partial charge on any atom is -0.480 e. The lowest BCUT2D eigenvalue weighted by molar-refractivity contribution is -0.142. The van der Waals surface area contributed by atoms with E-state index in [2.05, 4.69) is 4.98 Å². The van der Waals surface area contributed by atoms with Crippen molar-refractivity contribution in [3.05, 3.63) is 34.6 Å². The number of ether oxygens (including phenoxy) is 1. The molecule has 30 heavy (non-hydrogen) atoms. The molecule has 0 aliphatic carbocycles. The zero-order valence-electron chi connectivity index (χ0n) is 17.9. The predicted molar refractivity (Wildman–Crippen MR) is 113 cm³/mol. The Hall–Kier alpha value is -2.61. The van der Waals surface area contributed by atoms with Gasteiger partial charge < -0.3 is 14.7 Å². The highest BCUT2D eigenvalue weighted by atomic mass is 35.5. The molecule has 2 heterocycles. The standard InChI is InChI=1S/C21H28ClN3O5/c1-13(26)25-8-6-14(7-9-25)18-15(10-16(22)12-23-18)11-17(19(27)28)24(5)20(29)30-21(2,3)4/h6,10,12,17H,7-9,11H2,1-5H3,(H,27,28)/t17-/m0/s1. The van der Waals surface area contributed by atoms with Crippen LogP contribution in [-0.4, -0.2) is 69.6 Å². The Morgan fingerprint density at radius 2 is 2.03 bits per heavy atom. The number of hydrogen-bond acceptors (Lipinski definition) is 5. The van der Waals surface area contributed by atoms with Crippen LogP contribution in [0.25, 0.3) is 5.57 Å². The van der Waals surface area contributed by atoms with Gasteiger partial charge in [-0.1, -0.05) is 17.7 Å². The molecule has 0 radical (unpaired) electrons. The first-order valence-electron chi connectivity index (χ1n) is 9.67. The first-order chi connectivity index (χ1) is 13.9. The van der Waals surface area contributed by atoms with Gasteiger partial charge in [-0.2, -0.15) is 0 Å². The molecule has 1 N–H and O–H groups in total. The van der Waals surface area contributed by atoms with Gasteiger partial charge in [-0.15, -0.1) is 0 Å². The fraction of sp³-hybridized carbons (Fsp3) is 0.524. The molecule has 164 valence electrons. The molecule has 1 atom stereocenters. The van der Waals surface area contributed by atoms with Gasteiger partial charge in [0.15, 0.2) is 0 Å². The average molecular weight is 438 g/mol. The number of likely N-dealkylation sites (N-methyl/N-ethyl adjacent to an activating group) is 1. The van der Waals surface area contributed by atoms with Crippen molar-refractivity contribution < 1.29 is 24.2 Å². The number of aromatic nitrogens is 1. The molecule has 0 fully saturated rings.